The zero-order valence-corrected chi connectivity index (χ0v) is 24.2. The molecule has 6 rings (SSSR count). The lowest BCUT2D eigenvalue weighted by Gasteiger charge is -2.60. The number of aliphatic hydroxyl groups is 4. The predicted octanol–water partition coefficient (Wildman–Crippen LogP) is 5.33. The van der Waals surface area contributed by atoms with E-state index < -0.39 is 74.9 Å². The predicted molar refractivity (Wildman–Crippen MR) is 159 cm³/mol. The maximum Gasteiger partial charge on any atom is 0.209 e. The van der Waals surface area contributed by atoms with Gasteiger partial charge in [-0.15, -0.1) is 0 Å². The lowest BCUT2D eigenvalue weighted by molar-refractivity contribution is -0.191. The van der Waals surface area contributed by atoms with Crippen LogP contribution in [0.4, 0.5) is 0 Å². The van der Waals surface area contributed by atoms with Gasteiger partial charge in [0.1, 0.15) is 22.8 Å². The lowest BCUT2D eigenvalue weighted by Crippen LogP contribution is -2.70. The van der Waals surface area contributed by atoms with Crippen molar-refractivity contribution in [1.29, 1.82) is 0 Å². The van der Waals surface area contributed by atoms with Crippen LogP contribution in [0.2, 0.25) is 0 Å². The molecule has 5 N–H and O–H groups in total. The minimum Gasteiger partial charge on any atom is -0.511 e. The second kappa shape index (κ2) is 9.23. The maximum atomic E-state index is 14.6. The van der Waals surface area contributed by atoms with Gasteiger partial charge < -0.3 is 25.5 Å². The van der Waals surface area contributed by atoms with E-state index in [1.165, 1.54) is 6.92 Å². The van der Waals surface area contributed by atoms with Crippen molar-refractivity contribution in [1.82, 2.24) is 0 Å². The number of rotatable bonds is 3. The number of aliphatic hydroxyl groups excluding tert-OH is 3. The molecule has 0 saturated heterocycles. The van der Waals surface area contributed by atoms with E-state index in [1.54, 1.807) is 44.2 Å². The minimum absolute atomic E-state index is 0.112. The van der Waals surface area contributed by atoms with Crippen LogP contribution in [0.25, 0.3) is 22.3 Å². The normalized spacial score (nSPS) is 30.1. The van der Waals surface area contributed by atoms with Crippen LogP contribution < -0.4 is 0 Å². The third kappa shape index (κ3) is 3.42. The zero-order chi connectivity index (χ0) is 31.2. The molecule has 8 nitrogen and oxygen atoms in total. The molecule has 0 radical (unpaired) electrons. The van der Waals surface area contributed by atoms with Crippen LogP contribution in [-0.4, -0.2) is 54.6 Å². The standard InChI is InChI=1S/C35H32O8/c1-17-24-21(19-11-7-5-8-12-19)15-22(20-13-9-6-10-14-20)28(38)26(24)29(39)27-31(41)35(43)30(40)25(18(2)36)23(37)16-33(35,3)32(42)34(17,27)4/h5-15,17,32,37-38,41-43H,16H2,1-4H3/t17-,32+,33+,34+,35+/m1/s1. The Kier molecular flexibility index (Phi) is 6.14. The van der Waals surface area contributed by atoms with Crippen LogP contribution in [0.3, 0.4) is 0 Å². The zero-order valence-electron chi connectivity index (χ0n) is 24.2. The van der Waals surface area contributed by atoms with Crippen LogP contribution in [0, 0.1) is 10.8 Å². The average Bonchev–Trinajstić information content (AvgIpc) is 2.98. The highest BCUT2D eigenvalue weighted by atomic mass is 16.4. The van der Waals surface area contributed by atoms with Crippen molar-refractivity contribution >= 4 is 17.3 Å². The number of Topliss-reactive ketones (excluding diaryl/α,β-unsaturated/α-hetero) is 3. The van der Waals surface area contributed by atoms with Crippen molar-refractivity contribution in [2.45, 2.75) is 51.7 Å². The SMILES string of the molecule is CC(=O)C1=C(O)C[C@@]2(C)[C@H](O)[C@]3(C)C(=C(O)[C@@]2(O)C1=O)C(=O)c1c(O)c(-c2ccccc2)cc(-c2ccccc2)c1[C@H]3C. The number of allylic oxidation sites excluding steroid dienone is 1. The fourth-order valence-corrected chi connectivity index (χ4v) is 7.70. The van der Waals surface area contributed by atoms with Gasteiger partial charge in [0.05, 0.1) is 17.2 Å². The maximum absolute atomic E-state index is 14.6. The van der Waals surface area contributed by atoms with Crippen molar-refractivity contribution in [2.24, 2.45) is 10.8 Å². The van der Waals surface area contributed by atoms with Gasteiger partial charge in [-0.2, -0.15) is 0 Å². The Labute approximate surface area is 248 Å². The number of aromatic hydroxyl groups is 1. The van der Waals surface area contributed by atoms with Crippen molar-refractivity contribution in [2.75, 3.05) is 0 Å². The Morgan fingerprint density at radius 2 is 1.42 bits per heavy atom. The van der Waals surface area contributed by atoms with E-state index in [0.29, 0.717) is 22.3 Å². The molecule has 0 saturated carbocycles. The number of hydrogen-bond acceptors (Lipinski definition) is 8. The highest BCUT2D eigenvalue weighted by molar-refractivity contribution is 6.25. The van der Waals surface area contributed by atoms with Crippen LogP contribution in [0.5, 0.6) is 5.75 Å². The van der Waals surface area contributed by atoms with Gasteiger partial charge in [-0.3, -0.25) is 14.4 Å². The Balaban J connectivity index is 1.72. The first-order valence-electron chi connectivity index (χ1n) is 14.1. The summed E-state index contributed by atoms with van der Waals surface area (Å²) in [5.41, 5.74) is -4.80. The molecule has 0 fully saturated rings. The molecule has 3 aliphatic rings. The fraction of sp³-hybridized carbons (Fsp3) is 0.286. The van der Waals surface area contributed by atoms with E-state index in [9.17, 15) is 39.9 Å². The van der Waals surface area contributed by atoms with Crippen LogP contribution in [0.1, 0.15) is 56.0 Å². The van der Waals surface area contributed by atoms with E-state index in [1.807, 2.05) is 36.4 Å². The third-order valence-corrected chi connectivity index (χ3v) is 10.1. The van der Waals surface area contributed by atoms with Gasteiger partial charge in [-0.05, 0) is 41.2 Å². The molecular weight excluding hydrogens is 548 g/mol. The summed E-state index contributed by atoms with van der Waals surface area (Å²) in [4.78, 5) is 40.6. The van der Waals surface area contributed by atoms with Crippen molar-refractivity contribution in [3.05, 3.63) is 101 Å². The highest BCUT2D eigenvalue weighted by Gasteiger charge is 2.73. The first-order valence-corrected chi connectivity index (χ1v) is 14.1. The molecule has 0 unspecified atom stereocenters. The largest absolute Gasteiger partial charge is 0.511 e. The summed E-state index contributed by atoms with van der Waals surface area (Å²) in [7, 11) is 0. The Bertz CT molecular complexity index is 1800. The van der Waals surface area contributed by atoms with Gasteiger partial charge in [-0.1, -0.05) is 81.4 Å². The average molecular weight is 581 g/mol. The van der Waals surface area contributed by atoms with Crippen molar-refractivity contribution in [3.8, 4) is 28.0 Å². The minimum atomic E-state index is -2.89. The summed E-state index contributed by atoms with van der Waals surface area (Å²) in [5, 5.41) is 58.5. The van der Waals surface area contributed by atoms with E-state index >= 15 is 0 Å². The van der Waals surface area contributed by atoms with Crippen LogP contribution in [-0.2, 0) is 9.59 Å². The second-order valence-electron chi connectivity index (χ2n) is 12.3. The molecule has 0 spiro atoms. The summed E-state index contributed by atoms with van der Waals surface area (Å²) in [5.74, 6) is -5.67. The van der Waals surface area contributed by atoms with Gasteiger partial charge in [0.25, 0.3) is 0 Å². The number of carbonyl (C=O) groups excluding carboxylic acids is 3. The number of fused-ring (bicyclic) bond motifs is 3. The van der Waals surface area contributed by atoms with E-state index in [4.69, 9.17) is 0 Å². The third-order valence-electron chi connectivity index (χ3n) is 10.1. The first-order chi connectivity index (χ1) is 20.2. The van der Waals surface area contributed by atoms with Gasteiger partial charge in [0.2, 0.25) is 5.78 Å². The Morgan fingerprint density at radius 1 is 0.884 bits per heavy atom. The van der Waals surface area contributed by atoms with Gasteiger partial charge in [0.15, 0.2) is 17.2 Å². The molecule has 43 heavy (non-hydrogen) atoms. The molecule has 3 aliphatic carbocycles. The van der Waals surface area contributed by atoms with Crippen LogP contribution in [0.15, 0.2) is 89.4 Å². The quantitative estimate of drug-likeness (QED) is 0.261. The summed E-state index contributed by atoms with van der Waals surface area (Å²) < 4.78 is 0. The van der Waals surface area contributed by atoms with E-state index in [0.717, 1.165) is 12.5 Å². The monoisotopic (exact) mass is 580 g/mol. The molecule has 220 valence electrons. The number of hydrogen-bond donors (Lipinski definition) is 5. The fourth-order valence-electron chi connectivity index (χ4n) is 7.70. The van der Waals surface area contributed by atoms with E-state index in [-0.39, 0.29) is 11.3 Å². The summed E-state index contributed by atoms with van der Waals surface area (Å²) in [6, 6.07) is 20.1. The molecule has 3 aromatic rings. The second-order valence-corrected chi connectivity index (χ2v) is 12.3. The molecule has 5 atom stereocenters. The number of phenols is 1. The van der Waals surface area contributed by atoms with Gasteiger partial charge in [0, 0.05) is 22.8 Å². The number of ketones is 3. The van der Waals surface area contributed by atoms with Crippen molar-refractivity contribution in [3.63, 3.8) is 0 Å². The van der Waals surface area contributed by atoms with Gasteiger partial charge >= 0.3 is 0 Å². The Morgan fingerprint density at radius 3 is 1.95 bits per heavy atom. The number of carbonyl (C=O) groups is 3. The lowest BCUT2D eigenvalue weighted by atomic mass is 9.44. The highest BCUT2D eigenvalue weighted by Crippen LogP contribution is 2.66. The molecule has 0 aliphatic heterocycles. The molecule has 0 heterocycles. The molecule has 0 amide bonds. The van der Waals surface area contributed by atoms with E-state index in [2.05, 4.69) is 0 Å². The van der Waals surface area contributed by atoms with Crippen LogP contribution >= 0.6 is 0 Å². The molecule has 8 heteroatoms. The number of phenolic OH excluding ortho intramolecular Hbond substituents is 1. The molecule has 3 aromatic carbocycles. The summed E-state index contributed by atoms with van der Waals surface area (Å²) >= 11 is 0. The Hall–Kier alpha value is -4.53. The van der Waals surface area contributed by atoms with Crippen molar-refractivity contribution < 1.29 is 39.9 Å². The summed E-state index contributed by atoms with van der Waals surface area (Å²) in [6.45, 7) is 5.72. The summed E-state index contributed by atoms with van der Waals surface area (Å²) in [6.07, 6.45) is -2.17. The molecular formula is C35H32O8. The molecule has 0 aromatic heterocycles. The molecule has 0 bridgehead atoms. The number of benzene rings is 3. The topological polar surface area (TPSA) is 152 Å². The first kappa shape index (κ1) is 28.6. The smallest absolute Gasteiger partial charge is 0.209 e. The van der Waals surface area contributed by atoms with Gasteiger partial charge in [-0.25, -0.2) is 0 Å².